The van der Waals surface area contributed by atoms with Crippen LogP contribution in [0.2, 0.25) is 0 Å². The minimum absolute atomic E-state index is 0.0347. The van der Waals surface area contributed by atoms with Gasteiger partial charge in [-0.05, 0) is 61.8 Å². The SMILES string of the molecule is N#Cc1cccc(CNC2(C(N)=O)C3CC4CC(C3)CC2C4)c1F. The molecular weight excluding hydrogens is 305 g/mol. The third-order valence-corrected chi connectivity index (χ3v) is 6.60. The van der Waals surface area contributed by atoms with Gasteiger partial charge in [0.15, 0.2) is 0 Å². The fourth-order valence-electron chi connectivity index (χ4n) is 5.75. The van der Waals surface area contributed by atoms with Gasteiger partial charge in [0.1, 0.15) is 17.4 Å². The van der Waals surface area contributed by atoms with Crippen molar-refractivity contribution in [3.63, 3.8) is 0 Å². The van der Waals surface area contributed by atoms with E-state index in [1.807, 2.05) is 6.07 Å². The van der Waals surface area contributed by atoms with Crippen LogP contribution in [0.5, 0.6) is 0 Å². The molecule has 0 aromatic heterocycles. The Bertz CT molecular complexity index is 696. The first-order valence-corrected chi connectivity index (χ1v) is 8.77. The van der Waals surface area contributed by atoms with Crippen molar-refractivity contribution < 1.29 is 9.18 Å². The van der Waals surface area contributed by atoms with Crippen LogP contribution in [-0.4, -0.2) is 11.4 Å². The zero-order chi connectivity index (χ0) is 16.9. The van der Waals surface area contributed by atoms with Gasteiger partial charge in [-0.1, -0.05) is 12.1 Å². The normalized spacial score (nSPS) is 36.5. The first kappa shape index (κ1) is 15.6. The van der Waals surface area contributed by atoms with Crippen LogP contribution in [0.3, 0.4) is 0 Å². The molecule has 1 amide bonds. The molecule has 24 heavy (non-hydrogen) atoms. The van der Waals surface area contributed by atoms with Crippen molar-refractivity contribution >= 4 is 5.91 Å². The van der Waals surface area contributed by atoms with Crippen molar-refractivity contribution in [2.45, 2.75) is 44.2 Å². The molecule has 5 heteroatoms. The second-order valence-corrected chi connectivity index (χ2v) is 7.78. The summed E-state index contributed by atoms with van der Waals surface area (Å²) in [7, 11) is 0. The van der Waals surface area contributed by atoms with Crippen LogP contribution in [0, 0.1) is 40.8 Å². The Labute approximate surface area is 141 Å². The van der Waals surface area contributed by atoms with E-state index in [0.29, 0.717) is 5.56 Å². The molecule has 0 unspecified atom stereocenters. The number of rotatable bonds is 4. The maximum absolute atomic E-state index is 14.3. The third kappa shape index (κ3) is 2.16. The number of carbonyl (C=O) groups is 1. The summed E-state index contributed by atoms with van der Waals surface area (Å²) in [5, 5.41) is 12.3. The number of nitrogens with two attached hydrogens (primary N) is 1. The van der Waals surface area contributed by atoms with Crippen LogP contribution in [0.1, 0.15) is 43.2 Å². The Morgan fingerprint density at radius 2 is 1.88 bits per heavy atom. The molecule has 5 rings (SSSR count). The van der Waals surface area contributed by atoms with E-state index < -0.39 is 11.4 Å². The number of nitrogens with one attached hydrogen (secondary N) is 1. The second-order valence-electron chi connectivity index (χ2n) is 7.78. The molecule has 0 heterocycles. The molecule has 1 aromatic carbocycles. The van der Waals surface area contributed by atoms with Gasteiger partial charge >= 0.3 is 0 Å². The molecule has 0 saturated heterocycles. The smallest absolute Gasteiger partial charge is 0.238 e. The van der Waals surface area contributed by atoms with Gasteiger partial charge in [-0.3, -0.25) is 10.1 Å². The average molecular weight is 327 g/mol. The lowest BCUT2D eigenvalue weighted by Gasteiger charge is -2.60. The molecule has 4 aliphatic carbocycles. The summed E-state index contributed by atoms with van der Waals surface area (Å²) in [6, 6.07) is 6.66. The predicted octanol–water partition coefficient (Wildman–Crippen LogP) is 2.47. The summed E-state index contributed by atoms with van der Waals surface area (Å²) >= 11 is 0. The van der Waals surface area contributed by atoms with Crippen LogP contribution in [0.25, 0.3) is 0 Å². The van der Waals surface area contributed by atoms with E-state index in [0.717, 1.165) is 37.5 Å². The molecule has 4 nitrogen and oxygen atoms in total. The maximum Gasteiger partial charge on any atom is 0.238 e. The van der Waals surface area contributed by atoms with Gasteiger partial charge < -0.3 is 5.73 Å². The Balaban J connectivity index is 1.62. The molecule has 0 radical (unpaired) electrons. The van der Waals surface area contributed by atoms with E-state index in [-0.39, 0.29) is 29.9 Å². The summed E-state index contributed by atoms with van der Waals surface area (Å²) in [5.41, 5.74) is 5.60. The fourth-order valence-corrected chi connectivity index (χ4v) is 5.75. The van der Waals surface area contributed by atoms with Gasteiger partial charge in [-0.15, -0.1) is 0 Å². The minimum Gasteiger partial charge on any atom is -0.368 e. The van der Waals surface area contributed by atoms with E-state index in [4.69, 9.17) is 11.0 Å². The number of hydrogen-bond acceptors (Lipinski definition) is 3. The van der Waals surface area contributed by atoms with Crippen LogP contribution in [0.4, 0.5) is 4.39 Å². The van der Waals surface area contributed by atoms with Crippen molar-refractivity contribution in [2.75, 3.05) is 0 Å². The first-order valence-electron chi connectivity index (χ1n) is 8.77. The first-order chi connectivity index (χ1) is 11.5. The average Bonchev–Trinajstić information content (AvgIpc) is 2.55. The van der Waals surface area contributed by atoms with E-state index in [9.17, 15) is 9.18 Å². The molecule has 4 fully saturated rings. The predicted molar refractivity (Wildman–Crippen MR) is 86.9 cm³/mol. The third-order valence-electron chi connectivity index (χ3n) is 6.60. The minimum atomic E-state index is -0.720. The zero-order valence-corrected chi connectivity index (χ0v) is 13.6. The molecule has 4 aliphatic rings. The zero-order valence-electron chi connectivity index (χ0n) is 13.6. The van der Waals surface area contributed by atoms with Gasteiger partial charge in [0.05, 0.1) is 5.56 Å². The number of nitrogens with zero attached hydrogens (tertiary/aromatic N) is 1. The van der Waals surface area contributed by atoms with Crippen LogP contribution < -0.4 is 11.1 Å². The van der Waals surface area contributed by atoms with E-state index in [2.05, 4.69) is 5.32 Å². The fraction of sp³-hybridized carbons (Fsp3) is 0.579. The number of benzene rings is 1. The Morgan fingerprint density at radius 1 is 1.25 bits per heavy atom. The Kier molecular flexibility index (Phi) is 3.61. The molecule has 3 N–H and O–H groups in total. The quantitative estimate of drug-likeness (QED) is 0.891. The van der Waals surface area contributed by atoms with Crippen molar-refractivity contribution in [3.8, 4) is 6.07 Å². The summed E-state index contributed by atoms with van der Waals surface area (Å²) in [5.74, 6) is 1.16. The molecule has 4 saturated carbocycles. The van der Waals surface area contributed by atoms with Gasteiger partial charge in [0, 0.05) is 12.1 Å². The number of halogens is 1. The van der Waals surface area contributed by atoms with Crippen molar-refractivity contribution in [1.29, 1.82) is 5.26 Å². The van der Waals surface area contributed by atoms with Crippen LogP contribution >= 0.6 is 0 Å². The highest BCUT2D eigenvalue weighted by molar-refractivity contribution is 5.86. The number of amides is 1. The highest BCUT2D eigenvalue weighted by Gasteiger charge is 2.60. The van der Waals surface area contributed by atoms with Gasteiger partial charge in [-0.2, -0.15) is 5.26 Å². The molecular formula is C19H22FN3O. The molecule has 4 bridgehead atoms. The number of primary amides is 1. The van der Waals surface area contributed by atoms with Crippen molar-refractivity contribution in [2.24, 2.45) is 29.4 Å². The number of hydrogen-bond donors (Lipinski definition) is 2. The lowest BCUT2D eigenvalue weighted by molar-refractivity contribution is -0.143. The van der Waals surface area contributed by atoms with E-state index in [1.165, 1.54) is 12.5 Å². The summed E-state index contributed by atoms with van der Waals surface area (Å²) in [4.78, 5) is 12.5. The van der Waals surface area contributed by atoms with Gasteiger partial charge in [0.2, 0.25) is 5.91 Å². The summed E-state index contributed by atoms with van der Waals surface area (Å²) < 4.78 is 14.3. The highest BCUT2D eigenvalue weighted by Crippen LogP contribution is 2.58. The molecule has 1 aromatic rings. The Morgan fingerprint density at radius 3 is 2.42 bits per heavy atom. The lowest BCUT2D eigenvalue weighted by atomic mass is 9.48. The van der Waals surface area contributed by atoms with E-state index >= 15 is 0 Å². The molecule has 0 atom stereocenters. The van der Waals surface area contributed by atoms with Gasteiger partial charge in [0.25, 0.3) is 0 Å². The Hall–Kier alpha value is -1.93. The molecule has 0 aliphatic heterocycles. The summed E-state index contributed by atoms with van der Waals surface area (Å²) in [6.45, 7) is 0.229. The van der Waals surface area contributed by atoms with E-state index in [1.54, 1.807) is 12.1 Å². The standard InChI is InChI=1S/C19H22FN3O/c20-17-13(9-21)2-1-3-14(17)10-23-19(18(22)24)15-5-11-4-12(7-15)8-16(19)6-11/h1-3,11-12,15-16,23H,4-8,10H2,(H2,22,24). The molecule has 0 spiro atoms. The van der Waals surface area contributed by atoms with Crippen LogP contribution in [0.15, 0.2) is 18.2 Å². The summed E-state index contributed by atoms with van der Waals surface area (Å²) in [6.07, 6.45) is 5.47. The van der Waals surface area contributed by atoms with Crippen molar-refractivity contribution in [1.82, 2.24) is 5.32 Å². The number of nitriles is 1. The monoisotopic (exact) mass is 327 g/mol. The molecule has 126 valence electrons. The van der Waals surface area contributed by atoms with Gasteiger partial charge in [-0.25, -0.2) is 4.39 Å². The van der Waals surface area contributed by atoms with Crippen LogP contribution in [-0.2, 0) is 11.3 Å². The lowest BCUT2D eigenvalue weighted by Crippen LogP contribution is -2.70. The topological polar surface area (TPSA) is 78.9 Å². The maximum atomic E-state index is 14.3. The number of carbonyl (C=O) groups excluding carboxylic acids is 1. The second kappa shape index (κ2) is 5.56. The largest absolute Gasteiger partial charge is 0.368 e. The van der Waals surface area contributed by atoms with Crippen molar-refractivity contribution in [3.05, 3.63) is 35.1 Å². The highest BCUT2D eigenvalue weighted by atomic mass is 19.1.